The summed E-state index contributed by atoms with van der Waals surface area (Å²) in [6, 6.07) is 0.583. The van der Waals surface area contributed by atoms with E-state index in [-0.39, 0.29) is 6.10 Å². The van der Waals surface area contributed by atoms with Gasteiger partial charge in [0.25, 0.3) is 0 Å². The van der Waals surface area contributed by atoms with Gasteiger partial charge in [-0.2, -0.15) is 0 Å². The standard InChI is InChI=1S/C16H32N2O/c1-4-16(19)14-7-15(17-8-13-5-6-13)11-18(10-14)9-12(2)3/h12-17,19H,4-11H2,1-3H3. The summed E-state index contributed by atoms with van der Waals surface area (Å²) in [4.78, 5) is 2.56. The highest BCUT2D eigenvalue weighted by molar-refractivity contribution is 4.88. The molecule has 0 aromatic heterocycles. The number of hydrogen-bond acceptors (Lipinski definition) is 3. The smallest absolute Gasteiger partial charge is 0.0578 e. The van der Waals surface area contributed by atoms with E-state index in [1.165, 1.54) is 19.4 Å². The molecule has 1 saturated heterocycles. The molecule has 0 bridgehead atoms. The molecule has 1 aliphatic carbocycles. The van der Waals surface area contributed by atoms with Crippen LogP contribution in [-0.2, 0) is 0 Å². The first-order valence-electron chi connectivity index (χ1n) is 8.22. The van der Waals surface area contributed by atoms with Crippen molar-refractivity contribution in [2.45, 2.75) is 58.6 Å². The molecule has 2 aliphatic rings. The van der Waals surface area contributed by atoms with Gasteiger partial charge in [0.05, 0.1) is 6.10 Å². The summed E-state index contributed by atoms with van der Waals surface area (Å²) in [5.74, 6) is 2.10. The number of aliphatic hydroxyl groups excluding tert-OH is 1. The molecule has 1 saturated carbocycles. The van der Waals surface area contributed by atoms with Gasteiger partial charge in [0, 0.05) is 25.7 Å². The van der Waals surface area contributed by atoms with Crippen molar-refractivity contribution in [2.24, 2.45) is 17.8 Å². The SMILES string of the molecule is CCC(O)C1CC(NCC2CC2)CN(CC(C)C)C1. The maximum absolute atomic E-state index is 10.2. The molecule has 0 aromatic rings. The molecule has 1 aliphatic heterocycles. The molecule has 3 heteroatoms. The first-order chi connectivity index (χ1) is 9.08. The number of likely N-dealkylation sites (tertiary alicyclic amines) is 1. The van der Waals surface area contributed by atoms with Crippen LogP contribution in [0.5, 0.6) is 0 Å². The van der Waals surface area contributed by atoms with Crippen LogP contribution in [0.4, 0.5) is 0 Å². The zero-order valence-corrected chi connectivity index (χ0v) is 12.9. The molecule has 3 nitrogen and oxygen atoms in total. The van der Waals surface area contributed by atoms with Crippen LogP contribution in [0, 0.1) is 17.8 Å². The van der Waals surface area contributed by atoms with Crippen LogP contribution in [-0.4, -0.2) is 48.3 Å². The van der Waals surface area contributed by atoms with Crippen molar-refractivity contribution >= 4 is 0 Å². The highest BCUT2D eigenvalue weighted by Crippen LogP contribution is 2.29. The van der Waals surface area contributed by atoms with Crippen molar-refractivity contribution in [3.05, 3.63) is 0 Å². The Balaban J connectivity index is 1.85. The third-order valence-electron chi connectivity index (χ3n) is 4.54. The lowest BCUT2D eigenvalue weighted by Crippen LogP contribution is -2.52. The van der Waals surface area contributed by atoms with Gasteiger partial charge in [-0.3, -0.25) is 0 Å². The summed E-state index contributed by atoms with van der Waals surface area (Å²) >= 11 is 0. The summed E-state index contributed by atoms with van der Waals surface area (Å²) in [6.45, 7) is 11.3. The van der Waals surface area contributed by atoms with Crippen LogP contribution in [0.1, 0.15) is 46.5 Å². The van der Waals surface area contributed by atoms with Gasteiger partial charge in [-0.1, -0.05) is 20.8 Å². The van der Waals surface area contributed by atoms with Crippen LogP contribution >= 0.6 is 0 Å². The zero-order chi connectivity index (χ0) is 13.8. The van der Waals surface area contributed by atoms with Gasteiger partial charge in [-0.25, -0.2) is 0 Å². The largest absolute Gasteiger partial charge is 0.393 e. The Labute approximate surface area is 118 Å². The molecule has 2 fully saturated rings. The fraction of sp³-hybridized carbons (Fsp3) is 1.00. The van der Waals surface area contributed by atoms with Crippen molar-refractivity contribution in [1.29, 1.82) is 0 Å². The van der Waals surface area contributed by atoms with E-state index >= 15 is 0 Å². The minimum absolute atomic E-state index is 0.125. The van der Waals surface area contributed by atoms with E-state index in [0.717, 1.165) is 38.4 Å². The first kappa shape index (κ1) is 15.3. The minimum atomic E-state index is -0.125. The molecule has 3 atom stereocenters. The van der Waals surface area contributed by atoms with Gasteiger partial charge in [-0.15, -0.1) is 0 Å². The molecule has 0 aromatic carbocycles. The maximum Gasteiger partial charge on any atom is 0.0578 e. The zero-order valence-electron chi connectivity index (χ0n) is 12.9. The fourth-order valence-corrected chi connectivity index (χ4v) is 3.31. The van der Waals surface area contributed by atoms with Crippen LogP contribution in [0.2, 0.25) is 0 Å². The highest BCUT2D eigenvalue weighted by atomic mass is 16.3. The topological polar surface area (TPSA) is 35.5 Å². The maximum atomic E-state index is 10.2. The molecule has 3 unspecified atom stereocenters. The summed E-state index contributed by atoms with van der Waals surface area (Å²) in [6.07, 6.45) is 4.74. The number of hydrogen-bond donors (Lipinski definition) is 2. The molecule has 0 radical (unpaired) electrons. The van der Waals surface area contributed by atoms with Gasteiger partial charge < -0.3 is 15.3 Å². The molecule has 19 heavy (non-hydrogen) atoms. The number of nitrogens with one attached hydrogen (secondary N) is 1. The van der Waals surface area contributed by atoms with Gasteiger partial charge in [0.15, 0.2) is 0 Å². The van der Waals surface area contributed by atoms with Crippen LogP contribution < -0.4 is 5.32 Å². The second-order valence-corrected chi connectivity index (χ2v) is 7.13. The Hall–Kier alpha value is -0.120. The Bertz CT molecular complexity index is 265. The monoisotopic (exact) mass is 268 g/mol. The minimum Gasteiger partial charge on any atom is -0.393 e. The lowest BCUT2D eigenvalue weighted by molar-refractivity contribution is 0.0316. The lowest BCUT2D eigenvalue weighted by Gasteiger charge is -2.40. The molecular weight excluding hydrogens is 236 g/mol. The van der Waals surface area contributed by atoms with E-state index in [1.807, 2.05) is 0 Å². The molecular formula is C16H32N2O. The highest BCUT2D eigenvalue weighted by Gasteiger charge is 2.32. The van der Waals surface area contributed by atoms with Gasteiger partial charge in [0.1, 0.15) is 0 Å². The predicted molar refractivity (Wildman–Crippen MR) is 80.2 cm³/mol. The van der Waals surface area contributed by atoms with E-state index in [2.05, 4.69) is 31.0 Å². The molecule has 0 amide bonds. The van der Waals surface area contributed by atoms with Crippen molar-refractivity contribution in [3.8, 4) is 0 Å². The molecule has 2 rings (SSSR count). The Kier molecular flexibility index (Phi) is 5.67. The van der Waals surface area contributed by atoms with Crippen LogP contribution in [0.3, 0.4) is 0 Å². The normalized spacial score (nSPS) is 30.8. The summed E-state index contributed by atoms with van der Waals surface area (Å²) in [5.41, 5.74) is 0. The van der Waals surface area contributed by atoms with E-state index in [0.29, 0.717) is 17.9 Å². The second-order valence-electron chi connectivity index (χ2n) is 7.13. The second kappa shape index (κ2) is 7.05. The van der Waals surface area contributed by atoms with Crippen molar-refractivity contribution in [1.82, 2.24) is 10.2 Å². The van der Waals surface area contributed by atoms with E-state index < -0.39 is 0 Å². The number of nitrogens with zero attached hydrogens (tertiary/aromatic N) is 1. The average molecular weight is 268 g/mol. The molecule has 2 N–H and O–H groups in total. The average Bonchev–Trinajstić information content (AvgIpc) is 3.18. The van der Waals surface area contributed by atoms with Gasteiger partial charge in [0.2, 0.25) is 0 Å². The van der Waals surface area contributed by atoms with Crippen LogP contribution in [0.15, 0.2) is 0 Å². The number of piperidine rings is 1. The molecule has 1 heterocycles. The fourth-order valence-electron chi connectivity index (χ4n) is 3.31. The van der Waals surface area contributed by atoms with Crippen molar-refractivity contribution < 1.29 is 5.11 Å². The van der Waals surface area contributed by atoms with Crippen LogP contribution in [0.25, 0.3) is 0 Å². The number of aliphatic hydroxyl groups is 1. The van der Waals surface area contributed by atoms with Gasteiger partial charge in [-0.05, 0) is 50.0 Å². The first-order valence-corrected chi connectivity index (χ1v) is 8.22. The Morgan fingerprint density at radius 1 is 1.26 bits per heavy atom. The number of rotatable bonds is 7. The summed E-state index contributed by atoms with van der Waals surface area (Å²) in [5, 5.41) is 13.9. The van der Waals surface area contributed by atoms with E-state index in [1.54, 1.807) is 0 Å². The predicted octanol–water partition coefficient (Wildman–Crippen LogP) is 2.10. The van der Waals surface area contributed by atoms with E-state index in [4.69, 9.17) is 0 Å². The Morgan fingerprint density at radius 3 is 2.58 bits per heavy atom. The van der Waals surface area contributed by atoms with Crippen molar-refractivity contribution in [2.75, 3.05) is 26.2 Å². The Morgan fingerprint density at radius 2 is 2.00 bits per heavy atom. The summed E-state index contributed by atoms with van der Waals surface area (Å²) in [7, 11) is 0. The quantitative estimate of drug-likeness (QED) is 0.742. The molecule has 112 valence electrons. The summed E-state index contributed by atoms with van der Waals surface area (Å²) < 4.78 is 0. The molecule has 0 spiro atoms. The van der Waals surface area contributed by atoms with Crippen molar-refractivity contribution in [3.63, 3.8) is 0 Å². The van der Waals surface area contributed by atoms with E-state index in [9.17, 15) is 5.11 Å². The van der Waals surface area contributed by atoms with Gasteiger partial charge >= 0.3 is 0 Å². The third kappa shape index (κ3) is 5.05. The third-order valence-corrected chi connectivity index (χ3v) is 4.54. The lowest BCUT2D eigenvalue weighted by atomic mass is 9.88.